The minimum atomic E-state index is -0.192. The standard InChI is InChI=1S/C28H38FNO3/c1-18(2)15-21-6-5-20-16-23(31)8-9-24(20)27(21)22-7-10-26(25(29)17-22)30-13-11-19(12-14-30)28(32-3)33-4/h7-10,16-19,21,27-28,31H,5-6,11-15H2,1-4H3. The number of halogens is 1. The second-order valence-corrected chi connectivity index (χ2v) is 10.2. The van der Waals surface area contributed by atoms with Crippen LogP contribution in [0.2, 0.25) is 0 Å². The fourth-order valence-electron chi connectivity index (χ4n) is 6.05. The summed E-state index contributed by atoms with van der Waals surface area (Å²) in [6, 6.07) is 11.5. The lowest BCUT2D eigenvalue weighted by atomic mass is 9.69. The number of rotatable bonds is 7. The first-order valence-corrected chi connectivity index (χ1v) is 12.3. The van der Waals surface area contributed by atoms with Crippen LogP contribution in [-0.2, 0) is 15.9 Å². The highest BCUT2D eigenvalue weighted by Crippen LogP contribution is 2.45. The summed E-state index contributed by atoms with van der Waals surface area (Å²) in [5, 5.41) is 9.98. The van der Waals surface area contributed by atoms with Crippen molar-refractivity contribution >= 4 is 5.69 Å². The zero-order valence-corrected chi connectivity index (χ0v) is 20.4. The average molecular weight is 456 g/mol. The Balaban J connectivity index is 1.58. The predicted molar refractivity (Wildman–Crippen MR) is 130 cm³/mol. The summed E-state index contributed by atoms with van der Waals surface area (Å²) in [7, 11) is 3.35. The van der Waals surface area contributed by atoms with E-state index >= 15 is 4.39 Å². The molecule has 0 bridgehead atoms. The summed E-state index contributed by atoms with van der Waals surface area (Å²) in [5.41, 5.74) is 4.16. The van der Waals surface area contributed by atoms with E-state index in [2.05, 4.69) is 24.8 Å². The molecule has 0 spiro atoms. The summed E-state index contributed by atoms with van der Waals surface area (Å²) >= 11 is 0. The number of hydrogen-bond acceptors (Lipinski definition) is 4. The molecule has 2 unspecified atom stereocenters. The predicted octanol–water partition coefficient (Wildman–Crippen LogP) is 6.11. The molecule has 33 heavy (non-hydrogen) atoms. The van der Waals surface area contributed by atoms with E-state index in [1.807, 2.05) is 18.2 Å². The maximum absolute atomic E-state index is 15.5. The van der Waals surface area contributed by atoms with Crippen LogP contribution >= 0.6 is 0 Å². The molecular formula is C28H38FNO3. The number of ether oxygens (including phenoxy) is 2. The van der Waals surface area contributed by atoms with Gasteiger partial charge < -0.3 is 19.5 Å². The number of hydrogen-bond donors (Lipinski definition) is 1. The van der Waals surface area contributed by atoms with Gasteiger partial charge in [0.2, 0.25) is 0 Å². The molecule has 1 N–H and O–H groups in total. The number of methoxy groups -OCH3 is 2. The topological polar surface area (TPSA) is 41.9 Å². The largest absolute Gasteiger partial charge is 0.508 e. The molecule has 1 fully saturated rings. The average Bonchev–Trinajstić information content (AvgIpc) is 2.80. The molecule has 4 rings (SSSR count). The van der Waals surface area contributed by atoms with Gasteiger partial charge in [0.15, 0.2) is 6.29 Å². The van der Waals surface area contributed by atoms with E-state index in [0.29, 0.717) is 29.2 Å². The summed E-state index contributed by atoms with van der Waals surface area (Å²) < 4.78 is 26.3. The summed E-state index contributed by atoms with van der Waals surface area (Å²) in [5.74, 6) is 1.73. The molecule has 4 nitrogen and oxygen atoms in total. The number of aryl methyl sites for hydroxylation is 1. The molecular weight excluding hydrogens is 417 g/mol. The van der Waals surface area contributed by atoms with E-state index < -0.39 is 0 Å². The van der Waals surface area contributed by atoms with Gasteiger partial charge in [0.25, 0.3) is 0 Å². The zero-order chi connectivity index (χ0) is 23.5. The number of piperidine rings is 1. The Morgan fingerprint density at radius 1 is 1.03 bits per heavy atom. The Hall–Kier alpha value is -2.11. The summed E-state index contributed by atoms with van der Waals surface area (Å²) in [4.78, 5) is 2.15. The second kappa shape index (κ2) is 10.4. The molecule has 0 radical (unpaired) electrons. The van der Waals surface area contributed by atoms with Crippen molar-refractivity contribution in [2.45, 2.75) is 58.2 Å². The van der Waals surface area contributed by atoms with Crippen LogP contribution in [0.3, 0.4) is 0 Å². The van der Waals surface area contributed by atoms with Crippen LogP contribution in [0.15, 0.2) is 36.4 Å². The lowest BCUT2D eigenvalue weighted by molar-refractivity contribution is -0.141. The lowest BCUT2D eigenvalue weighted by Crippen LogP contribution is -2.39. The third-order valence-corrected chi connectivity index (χ3v) is 7.55. The van der Waals surface area contributed by atoms with Gasteiger partial charge in [-0.3, -0.25) is 0 Å². The van der Waals surface area contributed by atoms with Crippen LogP contribution in [0.4, 0.5) is 10.1 Å². The fraction of sp³-hybridized carbons (Fsp3) is 0.571. The molecule has 1 aliphatic heterocycles. The van der Waals surface area contributed by atoms with Crippen molar-refractivity contribution in [1.29, 1.82) is 0 Å². The van der Waals surface area contributed by atoms with Crippen molar-refractivity contribution < 1.29 is 19.0 Å². The second-order valence-electron chi connectivity index (χ2n) is 10.2. The smallest absolute Gasteiger partial charge is 0.159 e. The molecule has 180 valence electrons. The number of phenolic OH excluding ortho intramolecular Hbond substituents is 1. The molecule has 1 heterocycles. The van der Waals surface area contributed by atoms with Crippen molar-refractivity contribution in [3.05, 3.63) is 58.9 Å². The van der Waals surface area contributed by atoms with Crippen LogP contribution in [0.25, 0.3) is 0 Å². The quantitative estimate of drug-likeness (QED) is 0.512. The lowest BCUT2D eigenvalue weighted by Gasteiger charge is -2.37. The van der Waals surface area contributed by atoms with Crippen molar-refractivity contribution in [2.75, 3.05) is 32.2 Å². The monoisotopic (exact) mass is 455 g/mol. The molecule has 1 aliphatic carbocycles. The van der Waals surface area contributed by atoms with Crippen molar-refractivity contribution in [3.63, 3.8) is 0 Å². The van der Waals surface area contributed by atoms with Gasteiger partial charge in [-0.1, -0.05) is 26.0 Å². The first-order chi connectivity index (χ1) is 15.9. The van der Waals surface area contributed by atoms with Gasteiger partial charge in [0.1, 0.15) is 11.6 Å². The van der Waals surface area contributed by atoms with Gasteiger partial charge >= 0.3 is 0 Å². The minimum absolute atomic E-state index is 0.143. The highest BCUT2D eigenvalue weighted by atomic mass is 19.1. The van der Waals surface area contributed by atoms with Crippen LogP contribution in [-0.4, -0.2) is 38.7 Å². The third kappa shape index (κ3) is 5.20. The number of nitrogens with zero attached hydrogens (tertiary/aromatic N) is 1. The van der Waals surface area contributed by atoms with Gasteiger partial charge in [0, 0.05) is 39.1 Å². The maximum atomic E-state index is 15.5. The van der Waals surface area contributed by atoms with Crippen molar-refractivity contribution in [2.24, 2.45) is 17.8 Å². The van der Waals surface area contributed by atoms with Crippen molar-refractivity contribution in [1.82, 2.24) is 0 Å². The SMILES string of the molecule is COC(OC)C1CCN(c2ccc(C3c4ccc(O)cc4CCC3CC(C)C)cc2F)CC1. The molecule has 2 atom stereocenters. The Morgan fingerprint density at radius 3 is 2.39 bits per heavy atom. The Bertz CT molecular complexity index is 935. The van der Waals surface area contributed by atoms with E-state index in [1.54, 1.807) is 26.4 Å². The molecule has 5 heteroatoms. The van der Waals surface area contributed by atoms with Gasteiger partial charge in [-0.2, -0.15) is 0 Å². The van der Waals surface area contributed by atoms with Gasteiger partial charge in [-0.05, 0) is 84.9 Å². The first-order valence-electron chi connectivity index (χ1n) is 12.3. The summed E-state index contributed by atoms with van der Waals surface area (Å²) in [6.07, 6.45) is 4.80. The van der Waals surface area contributed by atoms with Gasteiger partial charge in [-0.15, -0.1) is 0 Å². The van der Waals surface area contributed by atoms with Crippen molar-refractivity contribution in [3.8, 4) is 5.75 Å². The molecule has 2 aromatic carbocycles. The Kier molecular flexibility index (Phi) is 7.60. The van der Waals surface area contributed by atoms with Gasteiger partial charge in [0.05, 0.1) is 5.69 Å². The van der Waals surface area contributed by atoms with E-state index in [1.165, 1.54) is 11.1 Å². The molecule has 1 saturated heterocycles. The highest BCUT2D eigenvalue weighted by Gasteiger charge is 2.33. The zero-order valence-electron chi connectivity index (χ0n) is 20.4. The number of aromatic hydroxyl groups is 1. The number of fused-ring (bicyclic) bond motifs is 1. The highest BCUT2D eigenvalue weighted by molar-refractivity contribution is 5.52. The van der Waals surface area contributed by atoms with E-state index in [4.69, 9.17) is 9.47 Å². The van der Waals surface area contributed by atoms with Crippen LogP contribution in [0.5, 0.6) is 5.75 Å². The summed E-state index contributed by atoms with van der Waals surface area (Å²) in [6.45, 7) is 6.11. The van der Waals surface area contributed by atoms with Crippen LogP contribution < -0.4 is 4.90 Å². The number of phenols is 1. The molecule has 0 saturated carbocycles. The maximum Gasteiger partial charge on any atom is 0.159 e. The first kappa shape index (κ1) is 24.0. The molecule has 2 aromatic rings. The Morgan fingerprint density at radius 2 is 1.76 bits per heavy atom. The van der Waals surface area contributed by atoms with E-state index in [9.17, 15) is 5.11 Å². The third-order valence-electron chi connectivity index (χ3n) is 7.55. The normalized spacial score (nSPS) is 21.6. The van der Waals surface area contributed by atoms with E-state index in [-0.39, 0.29) is 18.0 Å². The van der Waals surface area contributed by atoms with Gasteiger partial charge in [-0.25, -0.2) is 4.39 Å². The molecule has 0 amide bonds. The van der Waals surface area contributed by atoms with E-state index in [0.717, 1.165) is 50.8 Å². The van der Waals surface area contributed by atoms with Crippen LogP contribution in [0, 0.1) is 23.6 Å². The number of anilines is 1. The molecule has 2 aliphatic rings. The fourth-order valence-corrected chi connectivity index (χ4v) is 6.05. The minimum Gasteiger partial charge on any atom is -0.508 e. The molecule has 0 aromatic heterocycles. The Labute approximate surface area is 197 Å². The van der Waals surface area contributed by atoms with Crippen LogP contribution in [0.1, 0.15) is 62.1 Å². The number of benzene rings is 2.